The molecular formula is C16H22N2O3. The lowest BCUT2D eigenvalue weighted by molar-refractivity contribution is -0.114. The Kier molecular flexibility index (Phi) is 4.63. The molecule has 1 aliphatic rings. The maximum Gasteiger partial charge on any atom is 0.251 e. The number of aliphatic hydroxyl groups is 1. The van der Waals surface area contributed by atoms with E-state index in [1.165, 1.54) is 6.92 Å². The largest absolute Gasteiger partial charge is 0.388 e. The van der Waals surface area contributed by atoms with Crippen LogP contribution >= 0.6 is 0 Å². The maximum atomic E-state index is 12.2. The van der Waals surface area contributed by atoms with Crippen molar-refractivity contribution in [2.75, 3.05) is 11.9 Å². The van der Waals surface area contributed by atoms with Crippen molar-refractivity contribution in [2.45, 2.75) is 45.1 Å². The van der Waals surface area contributed by atoms with Crippen LogP contribution in [0.25, 0.3) is 0 Å². The van der Waals surface area contributed by atoms with E-state index < -0.39 is 5.60 Å². The van der Waals surface area contributed by atoms with Gasteiger partial charge in [0, 0.05) is 24.7 Å². The Morgan fingerprint density at radius 2 is 1.95 bits per heavy atom. The molecule has 1 aromatic carbocycles. The van der Waals surface area contributed by atoms with E-state index in [0.29, 0.717) is 11.3 Å². The minimum absolute atomic E-state index is 0.170. The summed E-state index contributed by atoms with van der Waals surface area (Å²) in [6.07, 6.45) is 3.48. The number of nitrogens with one attached hydrogen (secondary N) is 2. The van der Waals surface area contributed by atoms with Gasteiger partial charge in [0.2, 0.25) is 5.91 Å². The molecule has 0 aliphatic heterocycles. The molecule has 0 heterocycles. The molecule has 114 valence electrons. The van der Waals surface area contributed by atoms with Crippen molar-refractivity contribution in [1.82, 2.24) is 5.32 Å². The number of rotatable bonds is 4. The third-order valence-electron chi connectivity index (χ3n) is 3.92. The summed E-state index contributed by atoms with van der Waals surface area (Å²) < 4.78 is 0. The Morgan fingerprint density at radius 3 is 2.57 bits per heavy atom. The first-order valence-electron chi connectivity index (χ1n) is 7.28. The number of aryl methyl sites for hydroxylation is 1. The molecule has 0 atom stereocenters. The average Bonchev–Trinajstić information content (AvgIpc) is 2.85. The van der Waals surface area contributed by atoms with Crippen LogP contribution in [-0.2, 0) is 4.79 Å². The SMILES string of the molecule is CC(=O)Nc1cc(C(=O)NCC2(O)CCCC2)ccc1C. The zero-order chi connectivity index (χ0) is 15.5. The van der Waals surface area contributed by atoms with Gasteiger partial charge in [0.1, 0.15) is 0 Å². The highest BCUT2D eigenvalue weighted by atomic mass is 16.3. The highest BCUT2D eigenvalue weighted by Crippen LogP contribution is 2.28. The van der Waals surface area contributed by atoms with E-state index in [4.69, 9.17) is 0 Å². The van der Waals surface area contributed by atoms with E-state index in [9.17, 15) is 14.7 Å². The molecular weight excluding hydrogens is 268 g/mol. The van der Waals surface area contributed by atoms with Crippen LogP contribution < -0.4 is 10.6 Å². The average molecular weight is 290 g/mol. The Hall–Kier alpha value is -1.88. The molecule has 1 fully saturated rings. The Bertz CT molecular complexity index is 548. The molecule has 5 heteroatoms. The van der Waals surface area contributed by atoms with E-state index in [0.717, 1.165) is 31.2 Å². The van der Waals surface area contributed by atoms with Gasteiger partial charge in [-0.25, -0.2) is 0 Å². The van der Waals surface area contributed by atoms with E-state index in [1.54, 1.807) is 18.2 Å². The molecule has 21 heavy (non-hydrogen) atoms. The number of carbonyl (C=O) groups is 2. The molecule has 2 rings (SSSR count). The second kappa shape index (κ2) is 6.26. The van der Waals surface area contributed by atoms with Crippen LogP contribution in [0.3, 0.4) is 0 Å². The van der Waals surface area contributed by atoms with Crippen LogP contribution in [0.1, 0.15) is 48.5 Å². The van der Waals surface area contributed by atoms with Gasteiger partial charge >= 0.3 is 0 Å². The standard InChI is InChI=1S/C16H22N2O3/c1-11-5-6-13(9-14(11)18-12(2)19)15(20)17-10-16(21)7-3-4-8-16/h5-6,9,21H,3-4,7-8,10H2,1-2H3,(H,17,20)(H,18,19). The summed E-state index contributed by atoms with van der Waals surface area (Å²) in [5.74, 6) is -0.405. The van der Waals surface area contributed by atoms with Crippen molar-refractivity contribution in [3.63, 3.8) is 0 Å². The summed E-state index contributed by atoms with van der Waals surface area (Å²) >= 11 is 0. The Balaban J connectivity index is 2.03. The van der Waals surface area contributed by atoms with Gasteiger partial charge in [-0.05, 0) is 37.5 Å². The first-order chi connectivity index (χ1) is 9.89. The molecule has 1 saturated carbocycles. The van der Waals surface area contributed by atoms with Gasteiger partial charge in [-0.1, -0.05) is 18.9 Å². The molecule has 5 nitrogen and oxygen atoms in total. The number of anilines is 1. The van der Waals surface area contributed by atoms with Crippen LogP contribution in [0.4, 0.5) is 5.69 Å². The smallest absolute Gasteiger partial charge is 0.251 e. The molecule has 0 spiro atoms. The molecule has 1 aliphatic carbocycles. The fourth-order valence-corrected chi connectivity index (χ4v) is 2.64. The molecule has 0 saturated heterocycles. The topological polar surface area (TPSA) is 78.4 Å². The quantitative estimate of drug-likeness (QED) is 0.793. The van der Waals surface area contributed by atoms with Gasteiger partial charge in [0.25, 0.3) is 5.91 Å². The van der Waals surface area contributed by atoms with Crippen LogP contribution in [0.2, 0.25) is 0 Å². The van der Waals surface area contributed by atoms with Crippen molar-refractivity contribution < 1.29 is 14.7 Å². The highest BCUT2D eigenvalue weighted by Gasteiger charge is 2.31. The van der Waals surface area contributed by atoms with E-state index in [1.807, 2.05) is 6.92 Å². The fraction of sp³-hybridized carbons (Fsp3) is 0.500. The molecule has 2 amide bonds. The van der Waals surface area contributed by atoms with Crippen LogP contribution in [0, 0.1) is 6.92 Å². The Morgan fingerprint density at radius 1 is 1.29 bits per heavy atom. The van der Waals surface area contributed by atoms with E-state index in [-0.39, 0.29) is 18.4 Å². The third-order valence-corrected chi connectivity index (χ3v) is 3.92. The molecule has 3 N–H and O–H groups in total. The predicted molar refractivity (Wildman–Crippen MR) is 81.2 cm³/mol. The predicted octanol–water partition coefficient (Wildman–Crippen LogP) is 1.99. The normalized spacial score (nSPS) is 16.5. The summed E-state index contributed by atoms with van der Waals surface area (Å²) in [7, 11) is 0. The maximum absolute atomic E-state index is 12.2. The molecule has 1 aromatic rings. The lowest BCUT2D eigenvalue weighted by Crippen LogP contribution is -2.40. The Labute approximate surface area is 124 Å². The number of hydrogen-bond donors (Lipinski definition) is 3. The van der Waals surface area contributed by atoms with E-state index in [2.05, 4.69) is 10.6 Å². The number of amides is 2. The first-order valence-corrected chi connectivity index (χ1v) is 7.28. The lowest BCUT2D eigenvalue weighted by Gasteiger charge is -2.22. The van der Waals surface area contributed by atoms with Crippen molar-refractivity contribution in [3.05, 3.63) is 29.3 Å². The fourth-order valence-electron chi connectivity index (χ4n) is 2.64. The first kappa shape index (κ1) is 15.5. The van der Waals surface area contributed by atoms with Crippen LogP contribution in [0.5, 0.6) is 0 Å². The summed E-state index contributed by atoms with van der Waals surface area (Å²) in [6, 6.07) is 5.17. The van der Waals surface area contributed by atoms with Crippen molar-refractivity contribution in [1.29, 1.82) is 0 Å². The highest BCUT2D eigenvalue weighted by molar-refractivity contribution is 5.97. The second-order valence-electron chi connectivity index (χ2n) is 5.83. The summed E-state index contributed by atoms with van der Waals surface area (Å²) in [6.45, 7) is 3.57. The van der Waals surface area contributed by atoms with Gasteiger partial charge in [0.15, 0.2) is 0 Å². The summed E-state index contributed by atoms with van der Waals surface area (Å²) in [5, 5.41) is 15.7. The molecule has 0 unspecified atom stereocenters. The minimum Gasteiger partial charge on any atom is -0.388 e. The van der Waals surface area contributed by atoms with Gasteiger partial charge in [0.05, 0.1) is 5.60 Å². The third kappa shape index (κ3) is 4.04. The van der Waals surface area contributed by atoms with Gasteiger partial charge in [-0.2, -0.15) is 0 Å². The molecule has 0 bridgehead atoms. The van der Waals surface area contributed by atoms with Gasteiger partial charge in [-0.15, -0.1) is 0 Å². The van der Waals surface area contributed by atoms with Gasteiger partial charge < -0.3 is 15.7 Å². The van der Waals surface area contributed by atoms with Crippen molar-refractivity contribution in [2.24, 2.45) is 0 Å². The molecule has 0 aromatic heterocycles. The van der Waals surface area contributed by atoms with Crippen molar-refractivity contribution >= 4 is 17.5 Å². The molecule has 0 radical (unpaired) electrons. The van der Waals surface area contributed by atoms with Crippen molar-refractivity contribution in [3.8, 4) is 0 Å². The number of hydrogen-bond acceptors (Lipinski definition) is 3. The minimum atomic E-state index is -0.763. The van der Waals surface area contributed by atoms with Crippen LogP contribution in [-0.4, -0.2) is 29.1 Å². The summed E-state index contributed by atoms with van der Waals surface area (Å²) in [5.41, 5.74) is 1.25. The van der Waals surface area contributed by atoms with E-state index >= 15 is 0 Å². The number of carbonyl (C=O) groups excluding carboxylic acids is 2. The monoisotopic (exact) mass is 290 g/mol. The number of benzene rings is 1. The summed E-state index contributed by atoms with van der Waals surface area (Å²) in [4.78, 5) is 23.3. The van der Waals surface area contributed by atoms with Gasteiger partial charge in [-0.3, -0.25) is 9.59 Å². The second-order valence-corrected chi connectivity index (χ2v) is 5.83. The zero-order valence-electron chi connectivity index (χ0n) is 12.5. The van der Waals surface area contributed by atoms with Crippen LogP contribution in [0.15, 0.2) is 18.2 Å². The lowest BCUT2D eigenvalue weighted by atomic mass is 10.0. The zero-order valence-corrected chi connectivity index (χ0v) is 12.5.